The summed E-state index contributed by atoms with van der Waals surface area (Å²) in [5.41, 5.74) is 3.50. The minimum atomic E-state index is 0.437. The molecule has 0 bridgehead atoms. The molecular formula is C32H72. The Kier molecular flexibility index (Phi) is 14.8. The van der Waals surface area contributed by atoms with Gasteiger partial charge in [-0.25, -0.2) is 0 Å². The number of rotatable bonds is 0. The first-order valence-corrected chi connectivity index (χ1v) is 13.0. The van der Waals surface area contributed by atoms with Gasteiger partial charge in [-0.05, 0) is 43.3 Å². The highest BCUT2D eigenvalue weighted by atomic mass is 14.3. The SMILES string of the molecule is CC(C)(C)C(C)(C)C.CC(C)(C)C(C)(C)C.CC(C)(C)C(C)(C)C.CC(C)(C)C(C)(C)C. The molecular weight excluding hydrogens is 384 g/mol. The van der Waals surface area contributed by atoms with Gasteiger partial charge in [0.15, 0.2) is 0 Å². The second-order valence-electron chi connectivity index (χ2n) is 18.0. The Morgan fingerprint density at radius 2 is 0.156 bits per heavy atom. The molecule has 0 spiro atoms. The van der Waals surface area contributed by atoms with E-state index in [2.05, 4.69) is 166 Å². The fraction of sp³-hybridized carbons (Fsp3) is 1.00. The summed E-state index contributed by atoms with van der Waals surface area (Å²) in [5.74, 6) is 0. The molecule has 0 aromatic heterocycles. The summed E-state index contributed by atoms with van der Waals surface area (Å²) in [7, 11) is 0. The highest BCUT2D eigenvalue weighted by Gasteiger charge is 2.28. The minimum Gasteiger partial charge on any atom is -0.0597 e. The first kappa shape index (κ1) is 39.2. The molecule has 0 aliphatic rings. The molecule has 0 saturated carbocycles. The molecule has 0 radical (unpaired) electrons. The van der Waals surface area contributed by atoms with Gasteiger partial charge in [0.25, 0.3) is 0 Å². The van der Waals surface area contributed by atoms with Crippen molar-refractivity contribution in [3.63, 3.8) is 0 Å². The molecule has 0 aromatic carbocycles. The third-order valence-electron chi connectivity index (χ3n) is 9.00. The third-order valence-corrected chi connectivity index (χ3v) is 9.00. The molecule has 0 amide bonds. The number of hydrogen-bond donors (Lipinski definition) is 0. The predicted octanol–water partition coefficient (Wildman–Crippen LogP) is 12.3. The van der Waals surface area contributed by atoms with Crippen molar-refractivity contribution < 1.29 is 0 Å². The third kappa shape index (κ3) is 19.5. The average molecular weight is 457 g/mol. The lowest BCUT2D eigenvalue weighted by atomic mass is 9.71. The van der Waals surface area contributed by atoms with E-state index in [1.807, 2.05) is 0 Å². The van der Waals surface area contributed by atoms with Gasteiger partial charge in [-0.1, -0.05) is 166 Å². The maximum atomic E-state index is 2.27. The molecule has 0 N–H and O–H groups in total. The molecule has 0 saturated heterocycles. The van der Waals surface area contributed by atoms with Gasteiger partial charge in [0.05, 0.1) is 0 Å². The van der Waals surface area contributed by atoms with Crippen molar-refractivity contribution in [2.45, 2.75) is 166 Å². The van der Waals surface area contributed by atoms with Crippen LogP contribution in [0.4, 0.5) is 0 Å². The van der Waals surface area contributed by atoms with E-state index < -0.39 is 0 Å². The van der Waals surface area contributed by atoms with Crippen LogP contribution in [0.5, 0.6) is 0 Å². The molecule has 0 unspecified atom stereocenters. The monoisotopic (exact) mass is 457 g/mol. The lowest BCUT2D eigenvalue weighted by Gasteiger charge is -2.34. The summed E-state index contributed by atoms with van der Waals surface area (Å²) in [6, 6.07) is 0. The van der Waals surface area contributed by atoms with Crippen molar-refractivity contribution in [2.24, 2.45) is 43.3 Å². The van der Waals surface area contributed by atoms with E-state index >= 15 is 0 Å². The van der Waals surface area contributed by atoms with Crippen LogP contribution in [0.25, 0.3) is 0 Å². The van der Waals surface area contributed by atoms with E-state index in [1.165, 1.54) is 0 Å². The van der Waals surface area contributed by atoms with E-state index in [-0.39, 0.29) is 0 Å². The highest BCUT2D eigenvalue weighted by molar-refractivity contribution is 4.79. The summed E-state index contributed by atoms with van der Waals surface area (Å²) in [4.78, 5) is 0. The van der Waals surface area contributed by atoms with Crippen LogP contribution < -0.4 is 0 Å². The van der Waals surface area contributed by atoms with E-state index in [1.54, 1.807) is 0 Å². The normalized spacial score (nSPS) is 14.2. The maximum absolute atomic E-state index is 2.27. The highest BCUT2D eigenvalue weighted by Crippen LogP contribution is 2.38. The van der Waals surface area contributed by atoms with Gasteiger partial charge in [-0.3, -0.25) is 0 Å². The Morgan fingerprint density at radius 1 is 0.125 bits per heavy atom. The Labute approximate surface area is 209 Å². The topological polar surface area (TPSA) is 0 Å². The van der Waals surface area contributed by atoms with E-state index in [4.69, 9.17) is 0 Å². The van der Waals surface area contributed by atoms with Crippen LogP contribution >= 0.6 is 0 Å². The molecule has 0 aliphatic heterocycles. The van der Waals surface area contributed by atoms with E-state index in [0.29, 0.717) is 43.3 Å². The maximum Gasteiger partial charge on any atom is -0.0334 e. The van der Waals surface area contributed by atoms with Crippen molar-refractivity contribution in [2.75, 3.05) is 0 Å². The Morgan fingerprint density at radius 3 is 0.156 bits per heavy atom. The largest absolute Gasteiger partial charge is 0.0597 e. The summed E-state index contributed by atoms with van der Waals surface area (Å²) in [6.07, 6.45) is 0. The van der Waals surface area contributed by atoms with Gasteiger partial charge in [0, 0.05) is 0 Å². The van der Waals surface area contributed by atoms with E-state index in [9.17, 15) is 0 Å². The standard InChI is InChI=1S/4C8H18/c4*1-7(2,3)8(4,5)6/h4*1-6H3. The lowest BCUT2D eigenvalue weighted by Crippen LogP contribution is -2.25. The fourth-order valence-corrected chi connectivity index (χ4v) is 0. The minimum absolute atomic E-state index is 0.437. The van der Waals surface area contributed by atoms with Crippen LogP contribution in [-0.2, 0) is 0 Å². The van der Waals surface area contributed by atoms with E-state index in [0.717, 1.165) is 0 Å². The Balaban J connectivity index is -0.000000163. The second kappa shape index (κ2) is 12.1. The molecule has 0 aliphatic carbocycles. The molecule has 0 aromatic rings. The molecule has 0 nitrogen and oxygen atoms in total. The van der Waals surface area contributed by atoms with Crippen molar-refractivity contribution >= 4 is 0 Å². The smallest absolute Gasteiger partial charge is 0.0334 e. The second-order valence-corrected chi connectivity index (χ2v) is 18.0. The van der Waals surface area contributed by atoms with Crippen LogP contribution in [0.2, 0.25) is 0 Å². The zero-order valence-corrected chi connectivity index (χ0v) is 28.0. The quantitative estimate of drug-likeness (QED) is 0.340. The molecule has 200 valence electrons. The average Bonchev–Trinajstić information content (AvgIpc) is 2.30. The first-order chi connectivity index (χ1) is 13.0. The molecule has 0 heteroatoms. The van der Waals surface area contributed by atoms with Crippen LogP contribution in [0.3, 0.4) is 0 Å². The Bertz CT molecular complexity index is 316. The van der Waals surface area contributed by atoms with Crippen molar-refractivity contribution in [1.82, 2.24) is 0 Å². The van der Waals surface area contributed by atoms with Gasteiger partial charge >= 0.3 is 0 Å². The summed E-state index contributed by atoms with van der Waals surface area (Å²) < 4.78 is 0. The first-order valence-electron chi connectivity index (χ1n) is 13.0. The van der Waals surface area contributed by atoms with Gasteiger partial charge < -0.3 is 0 Å². The van der Waals surface area contributed by atoms with Gasteiger partial charge in [0.2, 0.25) is 0 Å². The van der Waals surface area contributed by atoms with Gasteiger partial charge in [0.1, 0.15) is 0 Å². The Hall–Kier alpha value is 0. The fourth-order valence-electron chi connectivity index (χ4n) is 0. The van der Waals surface area contributed by atoms with Crippen molar-refractivity contribution in [1.29, 1.82) is 0 Å². The number of hydrogen-bond acceptors (Lipinski definition) is 0. The van der Waals surface area contributed by atoms with Gasteiger partial charge in [-0.15, -0.1) is 0 Å². The summed E-state index contributed by atoms with van der Waals surface area (Å²) in [5, 5.41) is 0. The van der Waals surface area contributed by atoms with Crippen LogP contribution in [0.15, 0.2) is 0 Å². The molecule has 0 heterocycles. The molecule has 32 heavy (non-hydrogen) atoms. The summed E-state index contributed by atoms with van der Waals surface area (Å²) in [6.45, 7) is 54.5. The summed E-state index contributed by atoms with van der Waals surface area (Å²) >= 11 is 0. The predicted molar refractivity (Wildman–Crippen MR) is 156 cm³/mol. The van der Waals surface area contributed by atoms with Crippen LogP contribution in [-0.4, -0.2) is 0 Å². The lowest BCUT2D eigenvalue weighted by molar-refractivity contribution is 0.157. The molecule has 0 atom stereocenters. The zero-order chi connectivity index (χ0) is 28.0. The van der Waals surface area contributed by atoms with Crippen LogP contribution in [0, 0.1) is 43.3 Å². The zero-order valence-electron chi connectivity index (χ0n) is 28.0. The molecule has 0 rings (SSSR count). The van der Waals surface area contributed by atoms with Gasteiger partial charge in [-0.2, -0.15) is 0 Å². The van der Waals surface area contributed by atoms with Crippen molar-refractivity contribution in [3.8, 4) is 0 Å². The van der Waals surface area contributed by atoms with Crippen LogP contribution in [0.1, 0.15) is 166 Å². The molecule has 0 fully saturated rings. The van der Waals surface area contributed by atoms with Crippen molar-refractivity contribution in [3.05, 3.63) is 0 Å².